The predicted octanol–water partition coefficient (Wildman–Crippen LogP) is 3.84. The van der Waals surface area contributed by atoms with E-state index < -0.39 is 0 Å². The molecule has 0 aromatic heterocycles. The normalized spacial score (nSPS) is 11.8. The first-order valence-corrected chi connectivity index (χ1v) is 8.58. The molecule has 4 heteroatoms. The summed E-state index contributed by atoms with van der Waals surface area (Å²) < 4.78 is 0. The number of carbonyl (C=O) groups excluding carboxylic acids is 1. The third-order valence-corrected chi connectivity index (χ3v) is 3.93. The number of nitrogens with two attached hydrogens (primary N) is 1. The molecule has 0 bridgehead atoms. The number of aryl methyl sites for hydroxylation is 1. The van der Waals surface area contributed by atoms with Gasteiger partial charge in [0.2, 0.25) is 0 Å². The summed E-state index contributed by atoms with van der Waals surface area (Å²) in [4.78, 5) is 12.3. The second kappa shape index (κ2) is 8.96. The Morgan fingerprint density at radius 1 is 1.17 bits per heavy atom. The topological polar surface area (TPSA) is 67.2 Å². The van der Waals surface area contributed by atoms with Crippen molar-refractivity contribution in [3.63, 3.8) is 0 Å². The van der Waals surface area contributed by atoms with Crippen LogP contribution < -0.4 is 16.4 Å². The molecule has 0 aliphatic carbocycles. The third kappa shape index (κ3) is 5.30. The van der Waals surface area contributed by atoms with E-state index in [2.05, 4.69) is 41.8 Å². The van der Waals surface area contributed by atoms with E-state index in [4.69, 9.17) is 5.73 Å². The van der Waals surface area contributed by atoms with Gasteiger partial charge < -0.3 is 16.4 Å². The van der Waals surface area contributed by atoms with Gasteiger partial charge in [-0.3, -0.25) is 4.79 Å². The Bertz CT molecular complexity index is 655. The van der Waals surface area contributed by atoms with Crippen LogP contribution in [0.3, 0.4) is 0 Å². The zero-order valence-electron chi connectivity index (χ0n) is 14.5. The summed E-state index contributed by atoms with van der Waals surface area (Å²) in [7, 11) is 0. The molecule has 1 atom stereocenters. The molecule has 1 amide bonds. The van der Waals surface area contributed by atoms with Gasteiger partial charge in [-0.05, 0) is 49.9 Å². The van der Waals surface area contributed by atoms with Crippen LogP contribution in [0.4, 0.5) is 11.4 Å². The van der Waals surface area contributed by atoms with E-state index in [0.717, 1.165) is 24.9 Å². The van der Waals surface area contributed by atoms with Crippen LogP contribution in [-0.2, 0) is 6.42 Å². The first-order chi connectivity index (χ1) is 11.6. The van der Waals surface area contributed by atoms with Crippen LogP contribution >= 0.6 is 0 Å². The highest BCUT2D eigenvalue weighted by Crippen LogP contribution is 2.21. The zero-order chi connectivity index (χ0) is 17.4. The van der Waals surface area contributed by atoms with Gasteiger partial charge in [-0.15, -0.1) is 0 Å². The molecule has 0 radical (unpaired) electrons. The van der Waals surface area contributed by atoms with Crippen LogP contribution in [0.25, 0.3) is 0 Å². The summed E-state index contributed by atoms with van der Waals surface area (Å²) in [6.45, 7) is 4.83. The molecule has 2 aromatic rings. The van der Waals surface area contributed by atoms with Crippen LogP contribution in [0.2, 0.25) is 0 Å². The Hall–Kier alpha value is -2.49. The van der Waals surface area contributed by atoms with Gasteiger partial charge in [-0.25, -0.2) is 0 Å². The molecular formula is C20H27N3O. The average Bonchev–Trinajstić information content (AvgIpc) is 2.60. The molecule has 0 spiro atoms. The zero-order valence-corrected chi connectivity index (χ0v) is 14.5. The molecular weight excluding hydrogens is 298 g/mol. The van der Waals surface area contributed by atoms with E-state index in [9.17, 15) is 4.79 Å². The second-order valence-electron chi connectivity index (χ2n) is 6.13. The quantitative estimate of drug-likeness (QED) is 0.646. The Balaban J connectivity index is 2.01. The molecule has 2 aromatic carbocycles. The molecule has 2 rings (SSSR count). The Morgan fingerprint density at radius 2 is 1.92 bits per heavy atom. The highest BCUT2D eigenvalue weighted by Gasteiger charge is 2.13. The largest absolute Gasteiger partial charge is 0.399 e. The fraction of sp³-hybridized carbons (Fsp3) is 0.350. The van der Waals surface area contributed by atoms with E-state index in [1.165, 1.54) is 5.56 Å². The fourth-order valence-corrected chi connectivity index (χ4v) is 2.57. The summed E-state index contributed by atoms with van der Waals surface area (Å²) in [5, 5.41) is 6.36. The minimum absolute atomic E-state index is 0.0816. The van der Waals surface area contributed by atoms with Crippen molar-refractivity contribution in [1.29, 1.82) is 0 Å². The van der Waals surface area contributed by atoms with Crippen molar-refractivity contribution in [2.45, 2.75) is 39.2 Å². The molecule has 0 saturated carbocycles. The van der Waals surface area contributed by atoms with Crippen LogP contribution in [0.5, 0.6) is 0 Å². The van der Waals surface area contributed by atoms with E-state index in [0.29, 0.717) is 17.8 Å². The molecule has 1 unspecified atom stereocenters. The van der Waals surface area contributed by atoms with Gasteiger partial charge in [0.05, 0.1) is 5.56 Å². The predicted molar refractivity (Wildman–Crippen MR) is 101 cm³/mol. The highest BCUT2D eigenvalue weighted by atomic mass is 16.1. The molecule has 0 fully saturated rings. The summed E-state index contributed by atoms with van der Waals surface area (Å²) in [6.07, 6.45) is 2.90. The fourth-order valence-electron chi connectivity index (χ4n) is 2.57. The van der Waals surface area contributed by atoms with Gasteiger partial charge in [-0.1, -0.05) is 37.3 Å². The maximum Gasteiger partial charge on any atom is 0.253 e. The van der Waals surface area contributed by atoms with Crippen molar-refractivity contribution >= 4 is 17.3 Å². The maximum atomic E-state index is 12.3. The van der Waals surface area contributed by atoms with Gasteiger partial charge in [0.1, 0.15) is 0 Å². The number of benzene rings is 2. The molecule has 0 saturated heterocycles. The lowest BCUT2D eigenvalue weighted by Crippen LogP contribution is -2.26. The van der Waals surface area contributed by atoms with E-state index in [1.807, 2.05) is 25.1 Å². The van der Waals surface area contributed by atoms with Gasteiger partial charge >= 0.3 is 0 Å². The minimum Gasteiger partial charge on any atom is -0.399 e. The Labute approximate surface area is 144 Å². The van der Waals surface area contributed by atoms with E-state index in [1.54, 1.807) is 6.07 Å². The summed E-state index contributed by atoms with van der Waals surface area (Å²) in [5.41, 5.74) is 9.21. The van der Waals surface area contributed by atoms with Crippen molar-refractivity contribution in [3.05, 3.63) is 59.7 Å². The first kappa shape index (κ1) is 17.9. The van der Waals surface area contributed by atoms with E-state index in [-0.39, 0.29) is 11.9 Å². The number of amides is 1. The summed E-state index contributed by atoms with van der Waals surface area (Å²) in [5.74, 6) is -0.0816. The monoisotopic (exact) mass is 325 g/mol. The van der Waals surface area contributed by atoms with Gasteiger partial charge in [-0.2, -0.15) is 0 Å². The van der Waals surface area contributed by atoms with Crippen molar-refractivity contribution in [2.24, 2.45) is 0 Å². The van der Waals surface area contributed by atoms with Crippen LogP contribution in [-0.4, -0.2) is 18.5 Å². The number of rotatable bonds is 8. The van der Waals surface area contributed by atoms with Crippen LogP contribution in [0, 0.1) is 0 Å². The molecule has 128 valence electrons. The Morgan fingerprint density at radius 3 is 2.62 bits per heavy atom. The number of hydrogen-bond acceptors (Lipinski definition) is 3. The number of nitrogens with one attached hydrogen (secondary N) is 2. The summed E-state index contributed by atoms with van der Waals surface area (Å²) in [6, 6.07) is 16.1. The first-order valence-electron chi connectivity index (χ1n) is 8.58. The SMILES string of the molecule is CCCNC(=O)c1cc(N)ccc1NC(C)CCc1ccccc1. The number of carbonyl (C=O) groups is 1. The van der Waals surface area contributed by atoms with Crippen molar-refractivity contribution in [3.8, 4) is 0 Å². The maximum absolute atomic E-state index is 12.3. The van der Waals surface area contributed by atoms with Gasteiger partial charge in [0.15, 0.2) is 0 Å². The smallest absolute Gasteiger partial charge is 0.253 e. The van der Waals surface area contributed by atoms with Gasteiger partial charge in [0, 0.05) is 24.0 Å². The second-order valence-corrected chi connectivity index (χ2v) is 6.13. The summed E-state index contributed by atoms with van der Waals surface area (Å²) >= 11 is 0. The third-order valence-electron chi connectivity index (χ3n) is 3.93. The average molecular weight is 325 g/mol. The molecule has 0 aliphatic heterocycles. The van der Waals surface area contributed by atoms with Crippen LogP contribution in [0.1, 0.15) is 42.6 Å². The number of hydrogen-bond donors (Lipinski definition) is 3. The molecule has 4 nitrogen and oxygen atoms in total. The lowest BCUT2D eigenvalue weighted by atomic mass is 10.0. The van der Waals surface area contributed by atoms with Crippen molar-refractivity contribution in [2.75, 3.05) is 17.6 Å². The molecule has 4 N–H and O–H groups in total. The lowest BCUT2D eigenvalue weighted by Gasteiger charge is -2.18. The molecule has 0 heterocycles. The van der Waals surface area contributed by atoms with Crippen molar-refractivity contribution < 1.29 is 4.79 Å². The Kier molecular flexibility index (Phi) is 6.67. The van der Waals surface area contributed by atoms with Gasteiger partial charge in [0.25, 0.3) is 5.91 Å². The van der Waals surface area contributed by atoms with E-state index >= 15 is 0 Å². The standard InChI is InChI=1S/C20H27N3O/c1-3-13-22-20(24)18-14-17(21)11-12-19(18)23-15(2)9-10-16-7-5-4-6-8-16/h4-8,11-12,14-15,23H,3,9-10,13,21H2,1-2H3,(H,22,24). The number of anilines is 2. The van der Waals surface area contributed by atoms with Crippen molar-refractivity contribution in [1.82, 2.24) is 5.32 Å². The minimum atomic E-state index is -0.0816. The lowest BCUT2D eigenvalue weighted by molar-refractivity contribution is 0.0954. The molecule has 24 heavy (non-hydrogen) atoms. The highest BCUT2D eigenvalue weighted by molar-refractivity contribution is 6.00. The van der Waals surface area contributed by atoms with Crippen LogP contribution in [0.15, 0.2) is 48.5 Å². The molecule has 0 aliphatic rings. The number of nitrogen functional groups attached to an aromatic ring is 1.